The fourth-order valence-corrected chi connectivity index (χ4v) is 0.799. The van der Waals surface area contributed by atoms with Crippen molar-refractivity contribution in [2.24, 2.45) is 0 Å². The molecule has 1 heterocycles. The van der Waals surface area contributed by atoms with Gasteiger partial charge in [-0.25, -0.2) is 4.98 Å². The van der Waals surface area contributed by atoms with Crippen LogP contribution < -0.4 is 0 Å². The van der Waals surface area contributed by atoms with Crippen LogP contribution in [0.4, 0.5) is 0 Å². The van der Waals surface area contributed by atoms with Gasteiger partial charge in [0.25, 0.3) is 0 Å². The lowest BCUT2D eigenvalue weighted by atomic mass is 10.4. The Kier molecular flexibility index (Phi) is 2.46. The summed E-state index contributed by atoms with van der Waals surface area (Å²) in [6.07, 6.45) is 1.57. The monoisotopic (exact) mass is 176 g/mol. The molecule has 0 N–H and O–H groups in total. The third kappa shape index (κ3) is 1.58. The quantitative estimate of drug-likeness (QED) is 0.614. The van der Waals surface area contributed by atoms with Gasteiger partial charge in [-0.2, -0.15) is 0 Å². The smallest absolute Gasteiger partial charge is 0.150 e. The van der Waals surface area contributed by atoms with Crippen LogP contribution in [0.5, 0.6) is 0 Å². The van der Waals surface area contributed by atoms with Crippen LogP contribution >= 0.6 is 23.2 Å². The van der Waals surface area contributed by atoms with Crippen LogP contribution in [0.1, 0.15) is 11.4 Å². The molecule has 0 spiro atoms. The van der Waals surface area contributed by atoms with Crippen molar-refractivity contribution in [2.45, 2.75) is 12.8 Å². The van der Waals surface area contributed by atoms with E-state index in [0.717, 1.165) is 11.4 Å². The van der Waals surface area contributed by atoms with Crippen molar-refractivity contribution < 1.29 is 0 Å². The second-order valence-corrected chi connectivity index (χ2v) is 2.50. The van der Waals surface area contributed by atoms with E-state index in [1.807, 2.05) is 0 Å². The lowest BCUT2D eigenvalue weighted by Crippen LogP contribution is -1.91. The first kappa shape index (κ1) is 7.76. The molecule has 0 bridgehead atoms. The molecule has 0 aromatic carbocycles. The molecule has 1 rings (SSSR count). The summed E-state index contributed by atoms with van der Waals surface area (Å²) in [5, 5.41) is 0.439. The van der Waals surface area contributed by atoms with E-state index in [1.54, 1.807) is 13.1 Å². The average Bonchev–Trinajstić information content (AvgIpc) is 1.95. The van der Waals surface area contributed by atoms with Gasteiger partial charge in [-0.05, 0) is 6.92 Å². The summed E-state index contributed by atoms with van der Waals surface area (Å²) < 4.78 is 0. The number of rotatable bonds is 1. The van der Waals surface area contributed by atoms with Gasteiger partial charge in [-0.15, -0.1) is 11.6 Å². The molecule has 0 amide bonds. The molecule has 0 atom stereocenters. The largest absolute Gasteiger partial charge is 0.252 e. The number of aromatic nitrogens is 2. The van der Waals surface area contributed by atoms with E-state index >= 15 is 0 Å². The number of hydrogen-bond donors (Lipinski definition) is 0. The van der Waals surface area contributed by atoms with E-state index in [9.17, 15) is 0 Å². The Labute approximate surface area is 69.2 Å². The van der Waals surface area contributed by atoms with Crippen LogP contribution in [0.25, 0.3) is 0 Å². The van der Waals surface area contributed by atoms with Crippen molar-refractivity contribution in [1.82, 2.24) is 9.97 Å². The molecule has 54 valence electrons. The highest BCUT2D eigenvalue weighted by atomic mass is 35.5. The second kappa shape index (κ2) is 3.17. The van der Waals surface area contributed by atoms with E-state index in [-0.39, 0.29) is 0 Å². The predicted octanol–water partition coefficient (Wildman–Crippen LogP) is 2.18. The molecule has 0 unspecified atom stereocenters. The average molecular weight is 177 g/mol. The van der Waals surface area contributed by atoms with E-state index < -0.39 is 0 Å². The minimum Gasteiger partial charge on any atom is -0.252 e. The van der Waals surface area contributed by atoms with Crippen molar-refractivity contribution in [3.05, 3.63) is 22.7 Å². The molecule has 0 fully saturated rings. The molecule has 0 aliphatic carbocycles. The van der Waals surface area contributed by atoms with Gasteiger partial charge in [0.2, 0.25) is 0 Å². The molecular formula is C6H6Cl2N2. The summed E-state index contributed by atoms with van der Waals surface area (Å²) >= 11 is 11.1. The van der Waals surface area contributed by atoms with Crippen molar-refractivity contribution >= 4 is 23.2 Å². The molecule has 1 aromatic rings. The first-order valence-electron chi connectivity index (χ1n) is 2.78. The van der Waals surface area contributed by atoms with Gasteiger partial charge in [0.15, 0.2) is 0 Å². The third-order valence-electron chi connectivity index (χ3n) is 1.07. The summed E-state index contributed by atoms with van der Waals surface area (Å²) in [6.45, 7) is 1.80. The number of hydrogen-bond acceptors (Lipinski definition) is 2. The van der Waals surface area contributed by atoms with E-state index in [0.29, 0.717) is 11.0 Å². The summed E-state index contributed by atoms with van der Waals surface area (Å²) in [6, 6.07) is 0. The number of halogens is 2. The first-order chi connectivity index (χ1) is 4.74. The number of alkyl halides is 1. The minimum atomic E-state index is 0.380. The van der Waals surface area contributed by atoms with Crippen molar-refractivity contribution in [3.63, 3.8) is 0 Å². The van der Waals surface area contributed by atoms with Crippen LogP contribution in [0.2, 0.25) is 5.15 Å². The van der Waals surface area contributed by atoms with Gasteiger partial charge in [0.05, 0.1) is 23.5 Å². The van der Waals surface area contributed by atoms with Gasteiger partial charge >= 0.3 is 0 Å². The zero-order chi connectivity index (χ0) is 7.56. The Bertz CT molecular complexity index is 237. The van der Waals surface area contributed by atoms with Crippen molar-refractivity contribution in [2.75, 3.05) is 0 Å². The van der Waals surface area contributed by atoms with Crippen LogP contribution in [0.3, 0.4) is 0 Å². The van der Waals surface area contributed by atoms with Crippen LogP contribution in [0, 0.1) is 6.92 Å². The summed E-state index contributed by atoms with van der Waals surface area (Å²) in [5.41, 5.74) is 1.48. The second-order valence-electron chi connectivity index (χ2n) is 1.87. The molecule has 0 radical (unpaired) electrons. The maximum Gasteiger partial charge on any atom is 0.150 e. The zero-order valence-corrected chi connectivity index (χ0v) is 6.95. The highest BCUT2D eigenvalue weighted by Crippen LogP contribution is 2.09. The van der Waals surface area contributed by atoms with Crippen molar-refractivity contribution in [3.8, 4) is 0 Å². The third-order valence-corrected chi connectivity index (χ3v) is 1.72. The topological polar surface area (TPSA) is 25.8 Å². The molecule has 0 aliphatic heterocycles. The molecular weight excluding hydrogens is 171 g/mol. The summed E-state index contributed by atoms with van der Waals surface area (Å²) in [5.74, 6) is 0.380. The van der Waals surface area contributed by atoms with Crippen LogP contribution in [0.15, 0.2) is 6.20 Å². The summed E-state index contributed by atoms with van der Waals surface area (Å²) in [7, 11) is 0. The fourth-order valence-electron chi connectivity index (χ4n) is 0.579. The van der Waals surface area contributed by atoms with E-state index in [2.05, 4.69) is 9.97 Å². The fraction of sp³-hybridized carbons (Fsp3) is 0.333. The van der Waals surface area contributed by atoms with Crippen LogP contribution in [-0.2, 0) is 5.88 Å². The lowest BCUT2D eigenvalue weighted by molar-refractivity contribution is 1.04. The molecule has 10 heavy (non-hydrogen) atoms. The van der Waals surface area contributed by atoms with Gasteiger partial charge < -0.3 is 0 Å². The molecule has 0 saturated carbocycles. The van der Waals surface area contributed by atoms with Gasteiger partial charge in [0, 0.05) is 0 Å². The molecule has 0 saturated heterocycles. The van der Waals surface area contributed by atoms with E-state index in [1.165, 1.54) is 0 Å². The number of aryl methyl sites for hydroxylation is 1. The van der Waals surface area contributed by atoms with E-state index in [4.69, 9.17) is 23.2 Å². The minimum absolute atomic E-state index is 0.380. The highest BCUT2D eigenvalue weighted by molar-refractivity contribution is 6.29. The van der Waals surface area contributed by atoms with Crippen molar-refractivity contribution in [1.29, 1.82) is 0 Å². The Balaban J connectivity index is 3.04. The number of nitrogens with zero attached hydrogens (tertiary/aromatic N) is 2. The normalized spacial score (nSPS) is 9.90. The van der Waals surface area contributed by atoms with Crippen LogP contribution in [-0.4, -0.2) is 9.97 Å². The molecule has 2 nitrogen and oxygen atoms in total. The Morgan fingerprint density at radius 1 is 1.60 bits per heavy atom. The van der Waals surface area contributed by atoms with Gasteiger partial charge in [0.1, 0.15) is 5.15 Å². The first-order valence-corrected chi connectivity index (χ1v) is 3.69. The van der Waals surface area contributed by atoms with Gasteiger partial charge in [-0.1, -0.05) is 11.6 Å². The van der Waals surface area contributed by atoms with Gasteiger partial charge in [-0.3, -0.25) is 4.98 Å². The Morgan fingerprint density at radius 2 is 2.30 bits per heavy atom. The molecule has 4 heteroatoms. The highest BCUT2D eigenvalue weighted by Gasteiger charge is 1.97. The lowest BCUT2D eigenvalue weighted by Gasteiger charge is -1.96. The Hall–Kier alpha value is -0.340. The maximum absolute atomic E-state index is 5.62. The molecule has 0 aliphatic rings. The SMILES string of the molecule is Cc1nc(CCl)cnc1Cl. The standard InChI is InChI=1S/C6H6Cl2N2/c1-4-6(8)9-3-5(2-7)10-4/h3H,2H2,1H3. The maximum atomic E-state index is 5.62. The Morgan fingerprint density at radius 3 is 2.80 bits per heavy atom. The molecule has 1 aromatic heterocycles. The predicted molar refractivity (Wildman–Crippen MR) is 41.3 cm³/mol. The summed E-state index contributed by atoms with van der Waals surface area (Å²) in [4.78, 5) is 7.93. The zero-order valence-electron chi connectivity index (χ0n) is 5.43.